The molecule has 5 rings (SSSR count). The summed E-state index contributed by atoms with van der Waals surface area (Å²) in [6.07, 6.45) is 3.64. The van der Waals surface area contributed by atoms with Crippen molar-refractivity contribution in [3.63, 3.8) is 0 Å². The number of rotatable bonds is 4. The SMILES string of the molecule is CC(=O)Nc1cc2c(c3c4c(cncn42)C(=O)C(CCN(C)C)C3=O)c2ccccc12.Cl. The summed E-state index contributed by atoms with van der Waals surface area (Å²) in [7, 11) is 3.85. The Morgan fingerprint density at radius 2 is 1.88 bits per heavy atom. The second-order valence-corrected chi connectivity index (χ2v) is 8.32. The minimum atomic E-state index is -0.720. The van der Waals surface area contributed by atoms with Crippen LogP contribution in [-0.2, 0) is 4.79 Å². The lowest BCUT2D eigenvalue weighted by Crippen LogP contribution is -2.32. The van der Waals surface area contributed by atoms with E-state index in [9.17, 15) is 14.4 Å². The van der Waals surface area contributed by atoms with Gasteiger partial charge in [-0.2, -0.15) is 0 Å². The summed E-state index contributed by atoms with van der Waals surface area (Å²) < 4.78 is 1.80. The molecule has 0 aliphatic heterocycles. The highest BCUT2D eigenvalue weighted by Gasteiger charge is 2.39. The summed E-state index contributed by atoms with van der Waals surface area (Å²) in [5.41, 5.74) is 3.06. The minimum Gasteiger partial charge on any atom is -0.326 e. The first-order valence-corrected chi connectivity index (χ1v) is 10.2. The lowest BCUT2D eigenvalue weighted by molar-refractivity contribution is -0.114. The van der Waals surface area contributed by atoms with Crippen LogP contribution in [0, 0.1) is 5.92 Å². The monoisotopic (exact) mass is 450 g/mol. The summed E-state index contributed by atoms with van der Waals surface area (Å²) in [4.78, 5) is 45.0. The van der Waals surface area contributed by atoms with Gasteiger partial charge in [0.15, 0.2) is 11.6 Å². The molecule has 1 amide bonds. The van der Waals surface area contributed by atoms with E-state index < -0.39 is 5.92 Å². The third kappa shape index (κ3) is 3.16. The highest BCUT2D eigenvalue weighted by atomic mass is 35.5. The van der Waals surface area contributed by atoms with Crippen molar-refractivity contribution in [2.75, 3.05) is 26.0 Å². The first-order chi connectivity index (χ1) is 14.9. The highest BCUT2D eigenvalue weighted by molar-refractivity contribution is 6.34. The summed E-state index contributed by atoms with van der Waals surface area (Å²) in [6, 6.07) is 9.55. The quantitative estimate of drug-likeness (QED) is 0.476. The van der Waals surface area contributed by atoms with Gasteiger partial charge < -0.3 is 10.2 Å². The van der Waals surface area contributed by atoms with Gasteiger partial charge >= 0.3 is 0 Å². The Kier molecular flexibility index (Phi) is 5.48. The number of fused-ring (bicyclic) bond motifs is 5. The lowest BCUT2D eigenvalue weighted by Gasteiger charge is -2.22. The number of nitrogens with one attached hydrogen (secondary N) is 1. The predicted octanol–water partition coefficient (Wildman–Crippen LogP) is 3.97. The number of carbonyl (C=O) groups excluding carboxylic acids is 3. The van der Waals surface area contributed by atoms with E-state index in [1.807, 2.05) is 49.3 Å². The topological polar surface area (TPSA) is 83.8 Å². The van der Waals surface area contributed by atoms with Gasteiger partial charge in [-0.15, -0.1) is 12.4 Å². The molecule has 0 radical (unpaired) electrons. The summed E-state index contributed by atoms with van der Waals surface area (Å²) in [6.45, 7) is 2.10. The van der Waals surface area contributed by atoms with Crippen LogP contribution in [-0.4, -0.2) is 52.4 Å². The fourth-order valence-electron chi connectivity index (χ4n) is 4.64. The van der Waals surface area contributed by atoms with Gasteiger partial charge in [0.25, 0.3) is 0 Å². The van der Waals surface area contributed by atoms with Gasteiger partial charge in [0.05, 0.1) is 40.1 Å². The number of carbonyl (C=O) groups is 3. The molecule has 1 aliphatic rings. The van der Waals surface area contributed by atoms with Crippen LogP contribution >= 0.6 is 12.4 Å². The number of Topliss-reactive ketones (excluding diaryl/α,β-unsaturated/α-hetero) is 2. The molecular weight excluding hydrogens is 428 g/mol. The van der Waals surface area contributed by atoms with Crippen LogP contribution in [0.2, 0.25) is 0 Å². The molecule has 0 saturated heterocycles. The molecule has 0 fully saturated rings. The van der Waals surface area contributed by atoms with Crippen molar-refractivity contribution in [2.24, 2.45) is 5.92 Å². The first-order valence-electron chi connectivity index (χ1n) is 10.2. The average molecular weight is 451 g/mol. The van der Waals surface area contributed by atoms with E-state index in [1.165, 1.54) is 6.92 Å². The fraction of sp³-hybridized carbons (Fsp3) is 0.250. The maximum Gasteiger partial charge on any atom is 0.221 e. The Morgan fingerprint density at radius 1 is 1.16 bits per heavy atom. The number of hydrogen-bond acceptors (Lipinski definition) is 5. The van der Waals surface area contributed by atoms with E-state index in [2.05, 4.69) is 10.3 Å². The van der Waals surface area contributed by atoms with Crippen LogP contribution in [0.25, 0.3) is 27.2 Å². The molecule has 1 atom stereocenters. The Labute approximate surface area is 190 Å². The van der Waals surface area contributed by atoms with E-state index in [0.717, 1.165) is 21.7 Å². The van der Waals surface area contributed by atoms with Crippen LogP contribution in [0.1, 0.15) is 34.1 Å². The maximum atomic E-state index is 13.7. The fourth-order valence-corrected chi connectivity index (χ4v) is 4.64. The van der Waals surface area contributed by atoms with Crippen LogP contribution in [0.15, 0.2) is 42.9 Å². The normalized spacial score (nSPS) is 15.6. The first kappa shape index (κ1) is 21.9. The second-order valence-electron chi connectivity index (χ2n) is 8.32. The van der Waals surface area contributed by atoms with Crippen molar-refractivity contribution in [1.29, 1.82) is 0 Å². The van der Waals surface area contributed by atoms with Gasteiger partial charge in [0.1, 0.15) is 0 Å². The maximum absolute atomic E-state index is 13.7. The molecule has 1 aliphatic carbocycles. The van der Waals surface area contributed by atoms with Crippen molar-refractivity contribution in [2.45, 2.75) is 13.3 Å². The Morgan fingerprint density at radius 3 is 2.56 bits per heavy atom. The molecule has 1 unspecified atom stereocenters. The van der Waals surface area contributed by atoms with Crippen LogP contribution in [0.5, 0.6) is 0 Å². The van der Waals surface area contributed by atoms with Crippen LogP contribution in [0.4, 0.5) is 5.69 Å². The minimum absolute atomic E-state index is 0. The zero-order chi connectivity index (χ0) is 21.9. The molecule has 8 heteroatoms. The van der Waals surface area contributed by atoms with Gasteiger partial charge in [0.2, 0.25) is 5.91 Å². The Bertz CT molecular complexity index is 1420. The van der Waals surface area contributed by atoms with E-state index in [4.69, 9.17) is 0 Å². The predicted molar refractivity (Wildman–Crippen MR) is 127 cm³/mol. The number of anilines is 1. The second kappa shape index (κ2) is 8.00. The van der Waals surface area contributed by atoms with Crippen molar-refractivity contribution < 1.29 is 14.4 Å². The van der Waals surface area contributed by atoms with Gasteiger partial charge in [0, 0.05) is 23.9 Å². The average Bonchev–Trinajstić information content (AvgIpc) is 3.07. The molecule has 0 bridgehead atoms. The van der Waals surface area contributed by atoms with Crippen LogP contribution in [0.3, 0.4) is 0 Å². The number of aromatic nitrogens is 2. The Hall–Kier alpha value is -3.29. The zero-order valence-electron chi connectivity index (χ0n) is 18.0. The summed E-state index contributed by atoms with van der Waals surface area (Å²) in [5, 5.41) is 5.40. The van der Waals surface area contributed by atoms with Gasteiger partial charge in [-0.05, 0) is 38.5 Å². The molecule has 4 aromatic rings. The van der Waals surface area contributed by atoms with E-state index >= 15 is 0 Å². The third-order valence-corrected chi connectivity index (χ3v) is 5.97. The van der Waals surface area contributed by atoms with Crippen LogP contribution < -0.4 is 5.32 Å². The standard InChI is InChI=1S/C24H22N4O3.ClH/c1-13(29)26-18-10-19-20(15-7-5-4-6-14(15)18)21-22-17(11-25-12-28(19)22)23(30)16(24(21)31)8-9-27(2)3;/h4-7,10-12,16H,8-9H2,1-3H3,(H,26,29);1H. The molecular formula is C24H23ClN4O3. The van der Waals surface area contributed by atoms with Crippen molar-refractivity contribution in [3.8, 4) is 0 Å². The summed E-state index contributed by atoms with van der Waals surface area (Å²) >= 11 is 0. The molecule has 164 valence electrons. The Balaban J connectivity index is 0.00000245. The number of hydrogen-bond donors (Lipinski definition) is 1. The zero-order valence-corrected chi connectivity index (χ0v) is 18.8. The highest BCUT2D eigenvalue weighted by Crippen LogP contribution is 2.42. The number of halogens is 1. The molecule has 0 saturated carbocycles. The lowest BCUT2D eigenvalue weighted by atomic mass is 9.81. The van der Waals surface area contributed by atoms with E-state index in [-0.39, 0.29) is 29.9 Å². The largest absolute Gasteiger partial charge is 0.326 e. The number of ketones is 2. The molecule has 2 aromatic carbocycles. The van der Waals surface area contributed by atoms with Gasteiger partial charge in [-0.1, -0.05) is 24.3 Å². The number of nitrogens with zero attached hydrogens (tertiary/aromatic N) is 3. The molecule has 2 heterocycles. The molecule has 2 aromatic heterocycles. The van der Waals surface area contributed by atoms with Crippen molar-refractivity contribution in [1.82, 2.24) is 14.3 Å². The van der Waals surface area contributed by atoms with Gasteiger partial charge in [-0.25, -0.2) is 4.98 Å². The molecule has 7 nitrogen and oxygen atoms in total. The smallest absolute Gasteiger partial charge is 0.221 e. The molecule has 0 spiro atoms. The van der Waals surface area contributed by atoms with Crippen molar-refractivity contribution >= 4 is 62.8 Å². The molecule has 32 heavy (non-hydrogen) atoms. The number of amides is 1. The third-order valence-electron chi connectivity index (χ3n) is 5.97. The number of benzene rings is 2. The summed E-state index contributed by atoms with van der Waals surface area (Å²) in [5.74, 6) is -1.21. The molecule has 1 N–H and O–H groups in total. The van der Waals surface area contributed by atoms with E-state index in [1.54, 1.807) is 16.9 Å². The van der Waals surface area contributed by atoms with Gasteiger partial charge in [-0.3, -0.25) is 18.8 Å². The van der Waals surface area contributed by atoms with Crippen molar-refractivity contribution in [3.05, 3.63) is 54.0 Å². The van der Waals surface area contributed by atoms with E-state index in [0.29, 0.717) is 35.3 Å².